The number of hydrogen-bond donors (Lipinski definition) is 2. The smallest absolute Gasteiger partial charge is 0.255 e. The highest BCUT2D eigenvalue weighted by Crippen LogP contribution is 2.39. The van der Waals surface area contributed by atoms with Crippen molar-refractivity contribution in [3.63, 3.8) is 0 Å². The summed E-state index contributed by atoms with van der Waals surface area (Å²) in [6.45, 7) is 0.462. The summed E-state index contributed by atoms with van der Waals surface area (Å²) in [4.78, 5) is 31.5. The number of fused-ring (bicyclic) bond motifs is 1. The Hall–Kier alpha value is -3.60. The molecule has 3 heterocycles. The van der Waals surface area contributed by atoms with Crippen molar-refractivity contribution in [1.82, 2.24) is 20.4 Å². The Balaban J connectivity index is 1.37. The van der Waals surface area contributed by atoms with Gasteiger partial charge in [-0.15, -0.1) is 0 Å². The maximum Gasteiger partial charge on any atom is 0.255 e. The van der Waals surface area contributed by atoms with Gasteiger partial charge in [0.15, 0.2) is 5.82 Å². The Morgan fingerprint density at radius 1 is 1.08 bits per heavy atom. The minimum absolute atomic E-state index is 0.0218. The SMILES string of the molecule is CONC(=O)C1CCC(NC(=O)c2cnn3ccc(N4CCCC4c4cc(F)ccc4F)c(F)c23)CC1. The van der Waals surface area contributed by atoms with E-state index in [-0.39, 0.29) is 40.2 Å². The number of rotatable bonds is 6. The van der Waals surface area contributed by atoms with Gasteiger partial charge in [0.2, 0.25) is 5.91 Å². The minimum atomic E-state index is -0.645. The van der Waals surface area contributed by atoms with Crippen molar-refractivity contribution in [3.05, 3.63) is 65.2 Å². The Morgan fingerprint density at radius 3 is 2.62 bits per heavy atom. The van der Waals surface area contributed by atoms with Crippen LogP contribution in [0.5, 0.6) is 0 Å². The monoisotopic (exact) mass is 515 g/mol. The first-order chi connectivity index (χ1) is 17.9. The number of pyridine rings is 1. The number of carbonyl (C=O) groups is 2. The molecule has 1 atom stereocenters. The third-order valence-electron chi connectivity index (χ3n) is 7.36. The van der Waals surface area contributed by atoms with E-state index in [1.807, 2.05) is 0 Å². The normalized spacial score (nSPS) is 21.8. The van der Waals surface area contributed by atoms with Gasteiger partial charge in [-0.2, -0.15) is 5.10 Å². The number of nitrogens with one attached hydrogen (secondary N) is 2. The van der Waals surface area contributed by atoms with Gasteiger partial charge in [0.1, 0.15) is 17.2 Å². The molecule has 2 aromatic heterocycles. The van der Waals surface area contributed by atoms with Crippen molar-refractivity contribution in [2.45, 2.75) is 50.6 Å². The number of anilines is 1. The van der Waals surface area contributed by atoms with Gasteiger partial charge in [-0.3, -0.25) is 14.4 Å². The molecule has 11 heteroatoms. The zero-order valence-corrected chi connectivity index (χ0v) is 20.3. The first kappa shape index (κ1) is 25.1. The van der Waals surface area contributed by atoms with Crippen molar-refractivity contribution in [2.24, 2.45) is 5.92 Å². The lowest BCUT2D eigenvalue weighted by Gasteiger charge is -2.28. The molecule has 0 bridgehead atoms. The van der Waals surface area contributed by atoms with Crippen LogP contribution >= 0.6 is 0 Å². The van der Waals surface area contributed by atoms with Crippen LogP contribution in [-0.2, 0) is 9.63 Å². The maximum absolute atomic E-state index is 15.9. The summed E-state index contributed by atoms with van der Waals surface area (Å²) in [5.41, 5.74) is 2.84. The second-order valence-corrected chi connectivity index (χ2v) is 9.58. The molecule has 0 radical (unpaired) electrons. The Labute approximate surface area is 211 Å². The number of halogens is 3. The van der Waals surface area contributed by atoms with Crippen LogP contribution in [0.2, 0.25) is 0 Å². The molecule has 2 amide bonds. The van der Waals surface area contributed by atoms with Gasteiger partial charge in [0, 0.05) is 30.3 Å². The zero-order chi connectivity index (χ0) is 26.1. The van der Waals surface area contributed by atoms with E-state index in [2.05, 4.69) is 20.7 Å². The number of carbonyl (C=O) groups excluding carboxylic acids is 2. The van der Waals surface area contributed by atoms with Gasteiger partial charge in [0.05, 0.1) is 30.6 Å². The molecule has 0 spiro atoms. The fraction of sp³-hybridized carbons (Fsp3) is 0.423. The highest BCUT2D eigenvalue weighted by Gasteiger charge is 2.33. The van der Waals surface area contributed by atoms with Crippen LogP contribution in [-0.4, -0.2) is 41.1 Å². The molecule has 1 aliphatic heterocycles. The molecule has 2 aliphatic rings. The van der Waals surface area contributed by atoms with E-state index in [1.165, 1.54) is 17.8 Å². The first-order valence-electron chi connectivity index (χ1n) is 12.4. The number of aromatic nitrogens is 2. The lowest BCUT2D eigenvalue weighted by molar-refractivity contribution is -0.136. The van der Waals surface area contributed by atoms with E-state index in [9.17, 15) is 18.4 Å². The van der Waals surface area contributed by atoms with Crippen molar-refractivity contribution in [3.8, 4) is 0 Å². The summed E-state index contributed by atoms with van der Waals surface area (Å²) in [5, 5.41) is 7.08. The lowest BCUT2D eigenvalue weighted by Crippen LogP contribution is -2.40. The van der Waals surface area contributed by atoms with Gasteiger partial charge in [-0.05, 0) is 62.8 Å². The summed E-state index contributed by atoms with van der Waals surface area (Å²) in [7, 11) is 1.38. The number of hydrogen-bond acceptors (Lipinski definition) is 5. The average Bonchev–Trinajstić information content (AvgIpc) is 3.54. The molecule has 1 aromatic carbocycles. The molecule has 3 aromatic rings. The molecule has 5 rings (SSSR count). The summed E-state index contributed by atoms with van der Waals surface area (Å²) in [6.07, 6.45) is 6.51. The molecule has 2 fully saturated rings. The molecule has 8 nitrogen and oxygen atoms in total. The number of benzene rings is 1. The van der Waals surface area contributed by atoms with Crippen molar-refractivity contribution >= 4 is 23.0 Å². The van der Waals surface area contributed by atoms with E-state index in [0.717, 1.165) is 18.2 Å². The number of amides is 2. The van der Waals surface area contributed by atoms with Crippen LogP contribution in [0, 0.1) is 23.4 Å². The quantitative estimate of drug-likeness (QED) is 0.484. The third kappa shape index (κ3) is 4.87. The summed E-state index contributed by atoms with van der Waals surface area (Å²) in [6, 6.07) is 4.15. The van der Waals surface area contributed by atoms with Crippen molar-refractivity contribution in [2.75, 3.05) is 18.6 Å². The van der Waals surface area contributed by atoms with Gasteiger partial charge in [0.25, 0.3) is 5.91 Å². The molecule has 37 heavy (non-hydrogen) atoms. The standard InChI is InChI=1S/C26H28F3N5O3/c1-37-32-25(35)15-4-7-17(8-5-15)31-26(36)19-14-30-34-12-10-22(23(29)24(19)34)33-11-2-3-21(33)18-13-16(27)6-9-20(18)28/h6,9-10,12-15,17,21H,2-5,7-8,11H2,1H3,(H,31,36)(H,32,35). The van der Waals surface area contributed by atoms with Gasteiger partial charge < -0.3 is 10.2 Å². The first-order valence-corrected chi connectivity index (χ1v) is 12.4. The molecular formula is C26H28F3N5O3. The zero-order valence-electron chi connectivity index (χ0n) is 20.3. The van der Waals surface area contributed by atoms with E-state index >= 15 is 4.39 Å². The number of hydroxylamine groups is 1. The van der Waals surface area contributed by atoms with E-state index in [4.69, 9.17) is 0 Å². The van der Waals surface area contributed by atoms with Crippen LogP contribution in [0.4, 0.5) is 18.9 Å². The van der Waals surface area contributed by atoms with E-state index in [1.54, 1.807) is 17.2 Å². The molecular weight excluding hydrogens is 487 g/mol. The molecule has 1 saturated heterocycles. The van der Waals surface area contributed by atoms with Crippen LogP contribution < -0.4 is 15.7 Å². The van der Waals surface area contributed by atoms with Crippen LogP contribution in [0.15, 0.2) is 36.7 Å². The highest BCUT2D eigenvalue weighted by atomic mass is 19.1. The Morgan fingerprint density at radius 2 is 1.86 bits per heavy atom. The maximum atomic E-state index is 15.9. The molecule has 2 N–H and O–H groups in total. The predicted molar refractivity (Wildman–Crippen MR) is 129 cm³/mol. The Kier molecular flexibility index (Phi) is 7.05. The van der Waals surface area contributed by atoms with Crippen LogP contribution in [0.25, 0.3) is 5.52 Å². The van der Waals surface area contributed by atoms with Crippen molar-refractivity contribution in [1.29, 1.82) is 0 Å². The highest BCUT2D eigenvalue weighted by molar-refractivity contribution is 6.01. The summed E-state index contributed by atoms with van der Waals surface area (Å²) >= 11 is 0. The molecule has 1 unspecified atom stereocenters. The van der Waals surface area contributed by atoms with Gasteiger partial charge in [-0.25, -0.2) is 23.2 Å². The van der Waals surface area contributed by atoms with Crippen LogP contribution in [0.3, 0.4) is 0 Å². The van der Waals surface area contributed by atoms with Crippen molar-refractivity contribution < 1.29 is 27.6 Å². The Bertz CT molecular complexity index is 1320. The van der Waals surface area contributed by atoms with Gasteiger partial charge >= 0.3 is 0 Å². The largest absolute Gasteiger partial charge is 0.362 e. The topological polar surface area (TPSA) is 88.0 Å². The fourth-order valence-electron chi connectivity index (χ4n) is 5.51. The third-order valence-corrected chi connectivity index (χ3v) is 7.36. The average molecular weight is 516 g/mol. The predicted octanol–water partition coefficient (Wildman–Crippen LogP) is 4.06. The van der Waals surface area contributed by atoms with Crippen LogP contribution in [0.1, 0.15) is 60.5 Å². The summed E-state index contributed by atoms with van der Waals surface area (Å²) < 4.78 is 45.6. The summed E-state index contributed by atoms with van der Waals surface area (Å²) in [5.74, 6) is -2.55. The van der Waals surface area contributed by atoms with E-state index < -0.39 is 29.4 Å². The molecule has 196 valence electrons. The second kappa shape index (κ2) is 10.4. The van der Waals surface area contributed by atoms with Gasteiger partial charge in [-0.1, -0.05) is 0 Å². The molecule has 1 saturated carbocycles. The second-order valence-electron chi connectivity index (χ2n) is 9.58. The lowest BCUT2D eigenvalue weighted by atomic mass is 9.85. The number of nitrogens with zero attached hydrogens (tertiary/aromatic N) is 3. The van der Waals surface area contributed by atoms with E-state index in [0.29, 0.717) is 45.1 Å². The fourth-order valence-corrected chi connectivity index (χ4v) is 5.51. The molecule has 1 aliphatic carbocycles. The minimum Gasteiger partial charge on any atom is -0.362 e.